The van der Waals surface area contributed by atoms with Crippen molar-refractivity contribution >= 4 is 18.3 Å². The molecule has 2 fully saturated rings. The zero-order valence-corrected chi connectivity index (χ0v) is 8.75. The quantitative estimate of drug-likeness (QED) is 0.610. The summed E-state index contributed by atoms with van der Waals surface area (Å²) < 4.78 is 0. The summed E-state index contributed by atoms with van der Waals surface area (Å²) in [4.78, 5) is 11.2. The summed E-state index contributed by atoms with van der Waals surface area (Å²) in [6.45, 7) is 4.27. The number of hydrogen-bond acceptors (Lipinski definition) is 2. The van der Waals surface area contributed by atoms with Crippen LogP contribution < -0.4 is 10.6 Å². The van der Waals surface area contributed by atoms with Gasteiger partial charge in [-0.1, -0.05) is 0 Å². The molecule has 2 saturated heterocycles. The Labute approximate surface area is 85.1 Å². The summed E-state index contributed by atoms with van der Waals surface area (Å²) >= 11 is 0. The lowest BCUT2D eigenvalue weighted by atomic mass is 9.73. The second kappa shape index (κ2) is 3.84. The largest absolute Gasteiger partial charge is 0.353 e. The highest BCUT2D eigenvalue weighted by atomic mass is 35.5. The van der Waals surface area contributed by atoms with Gasteiger partial charge < -0.3 is 10.6 Å². The Balaban J connectivity index is 0.000000845. The molecule has 76 valence electrons. The first kappa shape index (κ1) is 10.8. The minimum atomic E-state index is 0. The molecule has 0 aliphatic carbocycles. The van der Waals surface area contributed by atoms with Crippen molar-refractivity contribution in [1.29, 1.82) is 0 Å². The van der Waals surface area contributed by atoms with E-state index in [0.29, 0.717) is 6.04 Å². The standard InChI is InChI=1S/C9H16N2O.ClH/c1-7-9(6-8(12)11-7)2-4-10-5-3-9;/h7,10H,2-6H2,1H3,(H,11,12);1H. The average molecular weight is 205 g/mol. The minimum absolute atomic E-state index is 0. The molecule has 2 heterocycles. The van der Waals surface area contributed by atoms with E-state index < -0.39 is 0 Å². The first-order valence-corrected chi connectivity index (χ1v) is 4.73. The van der Waals surface area contributed by atoms with Gasteiger partial charge in [0.1, 0.15) is 0 Å². The van der Waals surface area contributed by atoms with E-state index in [0.717, 1.165) is 32.4 Å². The van der Waals surface area contributed by atoms with E-state index in [1.807, 2.05) is 0 Å². The van der Waals surface area contributed by atoms with Crippen LogP contribution in [-0.2, 0) is 4.79 Å². The molecule has 13 heavy (non-hydrogen) atoms. The molecule has 0 aromatic rings. The Hall–Kier alpha value is -0.280. The molecular weight excluding hydrogens is 188 g/mol. The first-order valence-electron chi connectivity index (χ1n) is 4.73. The Morgan fingerprint density at radius 2 is 2.00 bits per heavy atom. The molecule has 1 spiro atoms. The van der Waals surface area contributed by atoms with Crippen LogP contribution in [-0.4, -0.2) is 25.0 Å². The highest BCUT2D eigenvalue weighted by Gasteiger charge is 2.44. The highest BCUT2D eigenvalue weighted by molar-refractivity contribution is 5.85. The van der Waals surface area contributed by atoms with Gasteiger partial charge in [0.05, 0.1) is 0 Å². The molecule has 1 unspecified atom stereocenters. The molecule has 1 amide bonds. The van der Waals surface area contributed by atoms with E-state index in [1.165, 1.54) is 0 Å². The third-order valence-corrected chi connectivity index (χ3v) is 3.41. The van der Waals surface area contributed by atoms with E-state index in [-0.39, 0.29) is 23.7 Å². The summed E-state index contributed by atoms with van der Waals surface area (Å²) in [6, 6.07) is 0.382. The molecule has 4 heteroatoms. The third kappa shape index (κ3) is 1.81. The summed E-state index contributed by atoms with van der Waals surface area (Å²) in [5.74, 6) is 0.240. The molecule has 0 aromatic carbocycles. The van der Waals surface area contributed by atoms with Crippen LogP contribution in [0.2, 0.25) is 0 Å². The third-order valence-electron chi connectivity index (χ3n) is 3.41. The van der Waals surface area contributed by atoms with E-state index in [2.05, 4.69) is 17.6 Å². The molecule has 2 aliphatic rings. The van der Waals surface area contributed by atoms with Gasteiger partial charge in [0.2, 0.25) is 5.91 Å². The van der Waals surface area contributed by atoms with Gasteiger partial charge in [-0.25, -0.2) is 0 Å². The Bertz CT molecular complexity index is 202. The van der Waals surface area contributed by atoms with Gasteiger partial charge in [-0.15, -0.1) is 12.4 Å². The molecule has 0 aromatic heterocycles. The first-order chi connectivity index (χ1) is 5.73. The van der Waals surface area contributed by atoms with E-state index in [1.54, 1.807) is 0 Å². The highest BCUT2D eigenvalue weighted by Crippen LogP contribution is 2.39. The molecule has 0 bridgehead atoms. The number of piperidine rings is 1. The number of rotatable bonds is 0. The maximum Gasteiger partial charge on any atom is 0.220 e. The SMILES string of the molecule is CC1NC(=O)CC12CCNCC2.Cl. The summed E-state index contributed by atoms with van der Waals surface area (Å²) in [5, 5.41) is 6.34. The van der Waals surface area contributed by atoms with Crippen molar-refractivity contribution in [3.05, 3.63) is 0 Å². The fraction of sp³-hybridized carbons (Fsp3) is 0.889. The maximum absolute atomic E-state index is 11.2. The molecule has 1 atom stereocenters. The Morgan fingerprint density at radius 3 is 2.46 bits per heavy atom. The van der Waals surface area contributed by atoms with Gasteiger partial charge in [0, 0.05) is 17.9 Å². The fourth-order valence-electron chi connectivity index (χ4n) is 2.45. The van der Waals surface area contributed by atoms with Gasteiger partial charge in [-0.05, 0) is 32.9 Å². The Kier molecular flexibility index (Phi) is 3.19. The second-order valence-electron chi connectivity index (χ2n) is 4.08. The monoisotopic (exact) mass is 204 g/mol. The van der Waals surface area contributed by atoms with Crippen molar-refractivity contribution in [2.24, 2.45) is 5.41 Å². The van der Waals surface area contributed by atoms with Crippen molar-refractivity contribution < 1.29 is 4.79 Å². The number of amides is 1. The van der Waals surface area contributed by atoms with Crippen LogP contribution in [0.1, 0.15) is 26.2 Å². The average Bonchev–Trinajstić information content (AvgIpc) is 2.29. The molecule has 0 saturated carbocycles. The minimum Gasteiger partial charge on any atom is -0.353 e. The van der Waals surface area contributed by atoms with Crippen LogP contribution in [0.5, 0.6) is 0 Å². The number of carbonyl (C=O) groups is 1. The lowest BCUT2D eigenvalue weighted by Gasteiger charge is -2.36. The normalized spacial score (nSPS) is 31.2. The lowest BCUT2D eigenvalue weighted by Crippen LogP contribution is -2.43. The van der Waals surface area contributed by atoms with Crippen molar-refractivity contribution in [2.45, 2.75) is 32.2 Å². The number of halogens is 1. The number of hydrogen-bond donors (Lipinski definition) is 2. The Morgan fingerprint density at radius 1 is 1.38 bits per heavy atom. The molecular formula is C9H17ClN2O. The molecule has 2 aliphatic heterocycles. The van der Waals surface area contributed by atoms with Gasteiger partial charge in [-0.3, -0.25) is 4.79 Å². The predicted molar refractivity (Wildman–Crippen MR) is 54.0 cm³/mol. The maximum atomic E-state index is 11.2. The summed E-state index contributed by atoms with van der Waals surface area (Å²) in [5.41, 5.74) is 0.280. The summed E-state index contributed by atoms with van der Waals surface area (Å²) in [6.07, 6.45) is 3.04. The molecule has 3 nitrogen and oxygen atoms in total. The second-order valence-corrected chi connectivity index (χ2v) is 4.08. The van der Waals surface area contributed by atoms with E-state index >= 15 is 0 Å². The topological polar surface area (TPSA) is 41.1 Å². The van der Waals surface area contributed by atoms with Gasteiger partial charge in [0.15, 0.2) is 0 Å². The zero-order chi connectivity index (χ0) is 8.60. The predicted octanol–water partition coefficient (Wildman–Crippen LogP) is 0.686. The van der Waals surface area contributed by atoms with Crippen molar-refractivity contribution in [3.8, 4) is 0 Å². The number of carbonyl (C=O) groups excluding carboxylic acids is 1. The summed E-state index contributed by atoms with van der Waals surface area (Å²) in [7, 11) is 0. The van der Waals surface area contributed by atoms with Gasteiger partial charge >= 0.3 is 0 Å². The number of nitrogens with one attached hydrogen (secondary N) is 2. The van der Waals surface area contributed by atoms with Gasteiger partial charge in [-0.2, -0.15) is 0 Å². The molecule has 0 radical (unpaired) electrons. The van der Waals surface area contributed by atoms with Gasteiger partial charge in [0.25, 0.3) is 0 Å². The zero-order valence-electron chi connectivity index (χ0n) is 7.93. The van der Waals surface area contributed by atoms with E-state index in [9.17, 15) is 4.79 Å². The molecule has 2 rings (SSSR count). The van der Waals surface area contributed by atoms with Crippen LogP contribution >= 0.6 is 12.4 Å². The van der Waals surface area contributed by atoms with Crippen LogP contribution in [0, 0.1) is 5.41 Å². The van der Waals surface area contributed by atoms with Crippen molar-refractivity contribution in [3.63, 3.8) is 0 Å². The van der Waals surface area contributed by atoms with E-state index in [4.69, 9.17) is 0 Å². The van der Waals surface area contributed by atoms with Crippen LogP contribution in [0.25, 0.3) is 0 Å². The van der Waals surface area contributed by atoms with Crippen LogP contribution in [0.3, 0.4) is 0 Å². The van der Waals surface area contributed by atoms with Crippen molar-refractivity contribution in [1.82, 2.24) is 10.6 Å². The van der Waals surface area contributed by atoms with Crippen LogP contribution in [0.4, 0.5) is 0 Å². The van der Waals surface area contributed by atoms with Crippen LogP contribution in [0.15, 0.2) is 0 Å². The fourth-order valence-corrected chi connectivity index (χ4v) is 2.45. The smallest absolute Gasteiger partial charge is 0.220 e. The lowest BCUT2D eigenvalue weighted by molar-refractivity contribution is -0.119. The van der Waals surface area contributed by atoms with Crippen molar-refractivity contribution in [2.75, 3.05) is 13.1 Å². The molecule has 2 N–H and O–H groups in total.